The lowest BCUT2D eigenvalue weighted by atomic mass is 9.82. The Morgan fingerprint density at radius 3 is 2.47 bits per heavy atom. The lowest BCUT2D eigenvalue weighted by molar-refractivity contribution is -0.217. The summed E-state index contributed by atoms with van der Waals surface area (Å²) in [6, 6.07) is 4.47. The van der Waals surface area contributed by atoms with Crippen molar-refractivity contribution in [2.45, 2.75) is 17.9 Å². The SMILES string of the molecule is O=C(N1CCC12COC2)C(F)(F)c1ccccc1F. The van der Waals surface area contributed by atoms with E-state index in [1.165, 1.54) is 12.1 Å². The van der Waals surface area contributed by atoms with Gasteiger partial charge in [0.25, 0.3) is 5.91 Å². The third-order valence-corrected chi connectivity index (χ3v) is 3.84. The van der Waals surface area contributed by atoms with Crippen LogP contribution in [0.1, 0.15) is 12.0 Å². The molecule has 2 saturated heterocycles. The highest BCUT2D eigenvalue weighted by molar-refractivity contribution is 5.86. The fourth-order valence-corrected chi connectivity index (χ4v) is 2.50. The Hall–Kier alpha value is -1.56. The molecule has 0 aliphatic carbocycles. The Bertz CT molecular complexity index is 523. The molecule has 2 heterocycles. The number of carbonyl (C=O) groups excluding carboxylic acids is 1. The molecule has 1 spiro atoms. The molecule has 1 amide bonds. The number of amides is 1. The van der Waals surface area contributed by atoms with Crippen molar-refractivity contribution in [2.24, 2.45) is 0 Å². The maximum absolute atomic E-state index is 14.1. The summed E-state index contributed by atoms with van der Waals surface area (Å²) >= 11 is 0. The zero-order chi connectivity index (χ0) is 13.7. The lowest BCUT2D eigenvalue weighted by Crippen LogP contribution is -2.73. The number of nitrogens with zero attached hydrogens (tertiary/aromatic N) is 1. The summed E-state index contributed by atoms with van der Waals surface area (Å²) in [6.07, 6.45) is 0.659. The summed E-state index contributed by atoms with van der Waals surface area (Å²) in [5.41, 5.74) is -1.45. The highest BCUT2D eigenvalue weighted by atomic mass is 19.3. The summed E-state index contributed by atoms with van der Waals surface area (Å²) in [6.45, 7) is 0.838. The van der Waals surface area contributed by atoms with Crippen LogP contribution < -0.4 is 0 Å². The summed E-state index contributed by atoms with van der Waals surface area (Å²) < 4.78 is 46.7. The van der Waals surface area contributed by atoms with Gasteiger partial charge in [0, 0.05) is 6.54 Å². The van der Waals surface area contributed by atoms with Crippen LogP contribution in [0.2, 0.25) is 0 Å². The Morgan fingerprint density at radius 2 is 2.00 bits per heavy atom. The second-order valence-corrected chi connectivity index (χ2v) is 4.98. The van der Waals surface area contributed by atoms with Gasteiger partial charge >= 0.3 is 5.92 Å². The van der Waals surface area contributed by atoms with Gasteiger partial charge in [-0.15, -0.1) is 0 Å². The van der Waals surface area contributed by atoms with E-state index in [0.29, 0.717) is 6.42 Å². The second-order valence-electron chi connectivity index (χ2n) is 4.98. The molecule has 0 unspecified atom stereocenters. The molecule has 0 radical (unpaired) electrons. The van der Waals surface area contributed by atoms with Crippen molar-refractivity contribution in [3.05, 3.63) is 35.6 Å². The molecule has 2 aliphatic heterocycles. The highest BCUT2D eigenvalue weighted by Crippen LogP contribution is 2.42. The van der Waals surface area contributed by atoms with Crippen molar-refractivity contribution < 1.29 is 22.7 Å². The Balaban J connectivity index is 1.88. The fourth-order valence-electron chi connectivity index (χ4n) is 2.50. The average Bonchev–Trinajstić information content (AvgIpc) is 2.25. The molecule has 0 bridgehead atoms. The first-order valence-corrected chi connectivity index (χ1v) is 6.00. The van der Waals surface area contributed by atoms with Crippen molar-refractivity contribution in [3.8, 4) is 0 Å². The Labute approximate surface area is 108 Å². The largest absolute Gasteiger partial charge is 0.376 e. The van der Waals surface area contributed by atoms with E-state index >= 15 is 0 Å². The van der Waals surface area contributed by atoms with Crippen LogP contribution >= 0.6 is 0 Å². The van der Waals surface area contributed by atoms with Crippen molar-refractivity contribution in [1.29, 1.82) is 0 Å². The number of hydrogen-bond donors (Lipinski definition) is 0. The zero-order valence-corrected chi connectivity index (χ0v) is 10.0. The van der Waals surface area contributed by atoms with E-state index in [2.05, 4.69) is 0 Å². The molecule has 0 atom stereocenters. The van der Waals surface area contributed by atoms with E-state index in [-0.39, 0.29) is 19.8 Å². The minimum atomic E-state index is -3.84. The van der Waals surface area contributed by atoms with Gasteiger partial charge < -0.3 is 9.64 Å². The fraction of sp³-hybridized carbons (Fsp3) is 0.462. The van der Waals surface area contributed by atoms with Crippen LogP contribution in [0.25, 0.3) is 0 Å². The van der Waals surface area contributed by atoms with Gasteiger partial charge in [-0.2, -0.15) is 8.78 Å². The van der Waals surface area contributed by atoms with Crippen molar-refractivity contribution in [3.63, 3.8) is 0 Å². The first-order chi connectivity index (χ1) is 8.97. The standard InChI is InChI=1S/C13H12F3NO2/c14-10-4-2-1-3-9(10)13(15,16)11(18)17-6-5-12(17)7-19-8-12/h1-4H,5-8H2. The van der Waals surface area contributed by atoms with E-state index in [1.807, 2.05) is 0 Å². The van der Waals surface area contributed by atoms with E-state index in [0.717, 1.165) is 17.0 Å². The van der Waals surface area contributed by atoms with Crippen molar-refractivity contribution >= 4 is 5.91 Å². The molecule has 3 rings (SSSR count). The molecule has 3 nitrogen and oxygen atoms in total. The molecule has 2 aliphatic rings. The van der Waals surface area contributed by atoms with Crippen LogP contribution in [0.4, 0.5) is 13.2 Å². The average molecular weight is 271 g/mol. The Kier molecular flexibility index (Phi) is 2.60. The molecule has 102 valence electrons. The summed E-state index contributed by atoms with van der Waals surface area (Å²) in [7, 11) is 0. The van der Waals surface area contributed by atoms with E-state index in [1.54, 1.807) is 0 Å². The van der Waals surface area contributed by atoms with Crippen LogP contribution in [-0.2, 0) is 15.5 Å². The first kappa shape index (κ1) is 12.5. The second kappa shape index (κ2) is 3.96. The third kappa shape index (κ3) is 1.66. The van der Waals surface area contributed by atoms with Crippen molar-refractivity contribution in [1.82, 2.24) is 4.90 Å². The third-order valence-electron chi connectivity index (χ3n) is 3.84. The van der Waals surface area contributed by atoms with E-state index in [9.17, 15) is 18.0 Å². The van der Waals surface area contributed by atoms with Gasteiger partial charge in [-0.25, -0.2) is 4.39 Å². The summed E-state index contributed by atoms with van der Waals surface area (Å²) in [4.78, 5) is 13.1. The van der Waals surface area contributed by atoms with Crippen LogP contribution in [-0.4, -0.2) is 36.1 Å². The molecule has 1 aromatic rings. The zero-order valence-electron chi connectivity index (χ0n) is 10.0. The molecule has 6 heteroatoms. The molecule has 0 aromatic heterocycles. The van der Waals surface area contributed by atoms with Gasteiger partial charge in [-0.05, 0) is 18.6 Å². The minimum absolute atomic E-state index is 0.270. The van der Waals surface area contributed by atoms with Crippen LogP contribution in [0.3, 0.4) is 0 Å². The highest BCUT2D eigenvalue weighted by Gasteiger charge is 2.58. The number of carbonyl (C=O) groups is 1. The van der Waals surface area contributed by atoms with E-state index in [4.69, 9.17) is 4.74 Å². The van der Waals surface area contributed by atoms with Gasteiger partial charge in [0.05, 0.1) is 24.3 Å². The molecular formula is C13H12F3NO2. The lowest BCUT2D eigenvalue weighted by Gasteiger charge is -2.57. The van der Waals surface area contributed by atoms with Crippen LogP contribution in [0.15, 0.2) is 24.3 Å². The number of alkyl halides is 2. The van der Waals surface area contributed by atoms with Crippen LogP contribution in [0.5, 0.6) is 0 Å². The van der Waals surface area contributed by atoms with E-state index < -0.39 is 28.7 Å². The normalized spacial score (nSPS) is 20.9. The van der Waals surface area contributed by atoms with Gasteiger partial charge in [0.1, 0.15) is 5.82 Å². The number of rotatable bonds is 2. The predicted octanol–water partition coefficient (Wildman–Crippen LogP) is 1.92. The van der Waals surface area contributed by atoms with Gasteiger partial charge in [0.15, 0.2) is 0 Å². The summed E-state index contributed by atoms with van der Waals surface area (Å²) in [5, 5.41) is 0. The number of likely N-dealkylation sites (tertiary alicyclic amines) is 1. The summed E-state index contributed by atoms with van der Waals surface area (Å²) in [5.74, 6) is -6.25. The minimum Gasteiger partial charge on any atom is -0.376 e. The molecule has 19 heavy (non-hydrogen) atoms. The van der Waals surface area contributed by atoms with Crippen molar-refractivity contribution in [2.75, 3.05) is 19.8 Å². The topological polar surface area (TPSA) is 29.5 Å². The van der Waals surface area contributed by atoms with Crippen LogP contribution in [0, 0.1) is 5.82 Å². The first-order valence-electron chi connectivity index (χ1n) is 6.00. The molecule has 0 N–H and O–H groups in total. The number of benzene rings is 1. The molecular weight excluding hydrogens is 259 g/mol. The Morgan fingerprint density at radius 1 is 1.32 bits per heavy atom. The monoisotopic (exact) mass is 271 g/mol. The molecule has 0 saturated carbocycles. The molecule has 2 fully saturated rings. The quantitative estimate of drug-likeness (QED) is 0.822. The predicted molar refractivity (Wildman–Crippen MR) is 60.2 cm³/mol. The van der Waals surface area contributed by atoms with Gasteiger partial charge in [-0.1, -0.05) is 12.1 Å². The number of hydrogen-bond acceptors (Lipinski definition) is 2. The van der Waals surface area contributed by atoms with Gasteiger partial charge in [0.2, 0.25) is 0 Å². The maximum Gasteiger partial charge on any atom is 0.352 e. The smallest absolute Gasteiger partial charge is 0.352 e. The number of halogens is 3. The molecule has 1 aromatic carbocycles. The van der Waals surface area contributed by atoms with Gasteiger partial charge in [-0.3, -0.25) is 4.79 Å². The maximum atomic E-state index is 14.1. The number of ether oxygens (including phenoxy) is 1.